The molecule has 2 unspecified atom stereocenters. The van der Waals surface area contributed by atoms with E-state index in [2.05, 4.69) is 0 Å². The minimum absolute atomic E-state index is 0.159. The van der Waals surface area contributed by atoms with Crippen molar-refractivity contribution in [2.75, 3.05) is 13.2 Å². The van der Waals surface area contributed by atoms with Crippen LogP contribution in [0.3, 0.4) is 0 Å². The second-order valence-corrected chi connectivity index (χ2v) is 2.81. The summed E-state index contributed by atoms with van der Waals surface area (Å²) >= 11 is 0. The van der Waals surface area contributed by atoms with Crippen LogP contribution in [0.1, 0.15) is 13.8 Å². The Hall–Kier alpha value is -0.810. The Kier molecular flexibility index (Phi) is 4.61. The van der Waals surface area contributed by atoms with Crippen molar-refractivity contribution < 1.29 is 15.0 Å². The molecule has 5 heteroatoms. The van der Waals surface area contributed by atoms with E-state index in [1.807, 2.05) is 0 Å². The van der Waals surface area contributed by atoms with Gasteiger partial charge in [-0.05, 0) is 13.8 Å². The highest BCUT2D eigenvalue weighted by Gasteiger charge is 2.21. The second kappa shape index (κ2) is 4.95. The van der Waals surface area contributed by atoms with E-state index >= 15 is 0 Å². The molecule has 0 aliphatic heterocycles. The lowest BCUT2D eigenvalue weighted by molar-refractivity contribution is 0.0946. The van der Waals surface area contributed by atoms with Crippen molar-refractivity contribution in [3.63, 3.8) is 0 Å². The molecule has 0 heterocycles. The summed E-state index contributed by atoms with van der Waals surface area (Å²) < 4.78 is 0. The summed E-state index contributed by atoms with van der Waals surface area (Å²) in [5, 5.41) is 17.5. The van der Waals surface area contributed by atoms with Crippen molar-refractivity contribution in [1.82, 2.24) is 4.90 Å². The molecule has 0 aliphatic rings. The normalized spacial score (nSPS) is 15.3. The Labute approximate surface area is 71.8 Å². The fourth-order valence-corrected chi connectivity index (χ4v) is 1.04. The summed E-state index contributed by atoms with van der Waals surface area (Å²) in [5.74, 6) is 0. The highest BCUT2D eigenvalue weighted by Crippen LogP contribution is 2.03. The Morgan fingerprint density at radius 2 is 1.67 bits per heavy atom. The third-order valence-corrected chi connectivity index (χ3v) is 1.73. The molecular weight excluding hydrogens is 160 g/mol. The second-order valence-electron chi connectivity index (χ2n) is 2.81. The molecule has 0 fully saturated rings. The summed E-state index contributed by atoms with van der Waals surface area (Å²) in [4.78, 5) is 12.1. The molecule has 4 N–H and O–H groups in total. The van der Waals surface area contributed by atoms with E-state index in [1.165, 1.54) is 4.90 Å². The van der Waals surface area contributed by atoms with Gasteiger partial charge in [-0.15, -0.1) is 0 Å². The predicted molar refractivity (Wildman–Crippen MR) is 44.5 cm³/mol. The summed E-state index contributed by atoms with van der Waals surface area (Å²) in [7, 11) is 0. The average Bonchev–Trinajstić information content (AvgIpc) is 2.03. The summed E-state index contributed by atoms with van der Waals surface area (Å²) in [6.45, 7) is 3.01. The van der Waals surface area contributed by atoms with Crippen LogP contribution in [0.5, 0.6) is 0 Å². The van der Waals surface area contributed by atoms with Gasteiger partial charge in [0.2, 0.25) is 0 Å². The van der Waals surface area contributed by atoms with Crippen LogP contribution in [0.2, 0.25) is 0 Å². The van der Waals surface area contributed by atoms with Crippen LogP contribution in [0.25, 0.3) is 0 Å². The smallest absolute Gasteiger partial charge is 0.315 e. The van der Waals surface area contributed by atoms with Crippen molar-refractivity contribution in [2.24, 2.45) is 5.73 Å². The molecule has 72 valence electrons. The van der Waals surface area contributed by atoms with Gasteiger partial charge in [0.15, 0.2) is 0 Å². The maximum atomic E-state index is 10.8. The van der Waals surface area contributed by atoms with Crippen LogP contribution in [0.4, 0.5) is 4.79 Å². The number of nitrogens with zero attached hydrogens (tertiary/aromatic N) is 1. The quantitative estimate of drug-likeness (QED) is 0.520. The van der Waals surface area contributed by atoms with E-state index in [4.69, 9.17) is 15.9 Å². The molecule has 12 heavy (non-hydrogen) atoms. The Morgan fingerprint density at radius 1 is 1.33 bits per heavy atom. The standard InChI is InChI=1S/C7H16N2O3/c1-5(3-10)9(7(8)12)6(2)4-11/h5-6,10-11H,3-4H2,1-2H3,(H2,8,12). The molecule has 0 radical (unpaired) electrons. The number of nitrogens with two attached hydrogens (primary N) is 1. The Morgan fingerprint density at radius 3 is 1.83 bits per heavy atom. The van der Waals surface area contributed by atoms with Crippen molar-refractivity contribution >= 4 is 6.03 Å². The van der Waals surface area contributed by atoms with Crippen LogP contribution in [0.15, 0.2) is 0 Å². The van der Waals surface area contributed by atoms with Gasteiger partial charge in [-0.3, -0.25) is 0 Å². The molecule has 5 nitrogen and oxygen atoms in total. The first-order valence-electron chi connectivity index (χ1n) is 3.84. The zero-order valence-corrected chi connectivity index (χ0v) is 7.40. The van der Waals surface area contributed by atoms with Crippen LogP contribution in [-0.2, 0) is 0 Å². The molecular formula is C7H16N2O3. The molecule has 0 bridgehead atoms. The van der Waals surface area contributed by atoms with E-state index in [9.17, 15) is 4.79 Å². The number of amides is 2. The van der Waals surface area contributed by atoms with E-state index in [-0.39, 0.29) is 25.3 Å². The molecule has 0 aromatic rings. The molecule has 2 amide bonds. The number of carbonyl (C=O) groups is 1. The maximum absolute atomic E-state index is 10.8. The number of hydrogen-bond donors (Lipinski definition) is 3. The van der Waals surface area contributed by atoms with Gasteiger partial charge in [0.1, 0.15) is 0 Å². The van der Waals surface area contributed by atoms with Gasteiger partial charge in [-0.1, -0.05) is 0 Å². The zero-order chi connectivity index (χ0) is 9.72. The van der Waals surface area contributed by atoms with Crippen LogP contribution < -0.4 is 5.73 Å². The number of carbonyl (C=O) groups excluding carboxylic acids is 1. The Balaban J connectivity index is 4.32. The van der Waals surface area contributed by atoms with Crippen LogP contribution in [0, 0.1) is 0 Å². The molecule has 0 rings (SSSR count). The van der Waals surface area contributed by atoms with Gasteiger partial charge < -0.3 is 20.8 Å². The van der Waals surface area contributed by atoms with Gasteiger partial charge in [0, 0.05) is 0 Å². The third kappa shape index (κ3) is 2.67. The van der Waals surface area contributed by atoms with E-state index in [0.29, 0.717) is 0 Å². The molecule has 0 aliphatic carbocycles. The van der Waals surface area contributed by atoms with E-state index in [0.717, 1.165) is 0 Å². The average molecular weight is 176 g/mol. The lowest BCUT2D eigenvalue weighted by atomic mass is 10.2. The first-order valence-corrected chi connectivity index (χ1v) is 3.84. The highest BCUT2D eigenvalue weighted by molar-refractivity contribution is 5.72. The van der Waals surface area contributed by atoms with Crippen molar-refractivity contribution in [3.8, 4) is 0 Å². The number of primary amides is 1. The topological polar surface area (TPSA) is 86.8 Å². The van der Waals surface area contributed by atoms with Gasteiger partial charge in [-0.25, -0.2) is 4.79 Å². The fraction of sp³-hybridized carbons (Fsp3) is 0.857. The first-order chi connectivity index (χ1) is 5.54. The lowest BCUT2D eigenvalue weighted by Gasteiger charge is -2.30. The molecule has 0 saturated heterocycles. The predicted octanol–water partition coefficient (Wildman–Crippen LogP) is -0.871. The largest absolute Gasteiger partial charge is 0.394 e. The van der Waals surface area contributed by atoms with Gasteiger partial charge in [0.05, 0.1) is 25.3 Å². The highest BCUT2D eigenvalue weighted by atomic mass is 16.3. The van der Waals surface area contributed by atoms with E-state index < -0.39 is 6.03 Å². The minimum Gasteiger partial charge on any atom is -0.394 e. The maximum Gasteiger partial charge on any atom is 0.315 e. The Bertz CT molecular complexity index is 142. The fourth-order valence-electron chi connectivity index (χ4n) is 1.04. The lowest BCUT2D eigenvalue weighted by Crippen LogP contribution is -2.50. The summed E-state index contributed by atoms with van der Waals surface area (Å²) in [6.07, 6.45) is 0. The van der Waals surface area contributed by atoms with Gasteiger partial charge in [0.25, 0.3) is 0 Å². The molecule has 0 saturated carbocycles. The molecule has 0 aromatic heterocycles. The van der Waals surface area contributed by atoms with Crippen molar-refractivity contribution in [1.29, 1.82) is 0 Å². The number of aliphatic hydroxyl groups is 2. The molecule has 2 atom stereocenters. The van der Waals surface area contributed by atoms with Crippen molar-refractivity contribution in [3.05, 3.63) is 0 Å². The SMILES string of the molecule is CC(CO)N(C(N)=O)C(C)CO. The number of urea groups is 1. The zero-order valence-electron chi connectivity index (χ0n) is 7.40. The first kappa shape index (κ1) is 11.2. The third-order valence-electron chi connectivity index (χ3n) is 1.73. The molecule has 0 spiro atoms. The number of hydrogen-bond acceptors (Lipinski definition) is 3. The van der Waals surface area contributed by atoms with Gasteiger partial charge in [-0.2, -0.15) is 0 Å². The van der Waals surface area contributed by atoms with Crippen LogP contribution >= 0.6 is 0 Å². The van der Waals surface area contributed by atoms with Crippen LogP contribution in [-0.4, -0.2) is 46.4 Å². The summed E-state index contributed by atoms with van der Waals surface area (Å²) in [5.41, 5.74) is 5.05. The molecule has 0 aromatic carbocycles. The van der Waals surface area contributed by atoms with Crippen molar-refractivity contribution in [2.45, 2.75) is 25.9 Å². The summed E-state index contributed by atoms with van der Waals surface area (Å²) in [6, 6.07) is -1.34. The van der Waals surface area contributed by atoms with Gasteiger partial charge >= 0.3 is 6.03 Å². The monoisotopic (exact) mass is 176 g/mol. The van der Waals surface area contributed by atoms with E-state index in [1.54, 1.807) is 13.8 Å². The number of aliphatic hydroxyl groups excluding tert-OH is 2. The minimum atomic E-state index is -0.627. The number of rotatable bonds is 4.